The van der Waals surface area contributed by atoms with Gasteiger partial charge in [0, 0.05) is 24.3 Å². The Morgan fingerprint density at radius 3 is 2.62 bits per heavy atom. The van der Waals surface area contributed by atoms with Crippen LogP contribution in [-0.4, -0.2) is 31.6 Å². The fraction of sp³-hybridized carbons (Fsp3) is 0.583. The molecule has 0 spiro atoms. The Morgan fingerprint density at radius 2 is 2.10 bits per heavy atom. The number of aliphatic hydroxyl groups excluding tert-OH is 1. The molecule has 1 N–H and O–H groups in total. The minimum atomic E-state index is -4.56. The Morgan fingerprint density at radius 1 is 1.38 bits per heavy atom. The zero-order valence-corrected chi connectivity index (χ0v) is 11.6. The second-order valence-electron chi connectivity index (χ2n) is 4.88. The summed E-state index contributed by atoms with van der Waals surface area (Å²) in [5, 5.41) is 16.0. The van der Waals surface area contributed by atoms with E-state index in [9.17, 15) is 13.2 Å². The third-order valence-corrected chi connectivity index (χ3v) is 2.77. The van der Waals surface area contributed by atoms with Gasteiger partial charge < -0.3 is 9.63 Å². The minimum Gasteiger partial charge on any atom is -0.396 e. The Balaban J connectivity index is 2.23. The number of nitrogens with zero attached hydrogens (tertiary/aromatic N) is 4. The van der Waals surface area contributed by atoms with E-state index < -0.39 is 11.9 Å². The zero-order valence-electron chi connectivity index (χ0n) is 11.6. The molecule has 0 saturated carbocycles. The Kier molecular flexibility index (Phi) is 4.31. The molecule has 0 aromatic carbocycles. The van der Waals surface area contributed by atoms with Crippen LogP contribution in [0.3, 0.4) is 0 Å². The van der Waals surface area contributed by atoms with Gasteiger partial charge in [0.25, 0.3) is 0 Å². The van der Waals surface area contributed by atoms with Gasteiger partial charge in [-0.3, -0.25) is 4.68 Å². The van der Waals surface area contributed by atoms with E-state index in [2.05, 4.69) is 15.2 Å². The molecule has 0 aliphatic heterocycles. The molecule has 116 valence electrons. The summed E-state index contributed by atoms with van der Waals surface area (Å²) in [5.41, 5.74) is -1.05. The summed E-state index contributed by atoms with van der Waals surface area (Å²) in [5.74, 6) is 0.716. The average molecular weight is 304 g/mol. The topological polar surface area (TPSA) is 77.0 Å². The van der Waals surface area contributed by atoms with E-state index in [1.807, 2.05) is 13.8 Å². The molecule has 9 heteroatoms. The number of aliphatic hydroxyl groups is 1. The van der Waals surface area contributed by atoms with E-state index in [0.717, 1.165) is 4.68 Å². The quantitative estimate of drug-likeness (QED) is 0.914. The molecule has 21 heavy (non-hydrogen) atoms. The van der Waals surface area contributed by atoms with Crippen LogP contribution in [0.5, 0.6) is 0 Å². The Labute approximate surface area is 118 Å². The smallest absolute Gasteiger partial charge is 0.396 e. The molecule has 6 nitrogen and oxygen atoms in total. The molecule has 2 aromatic rings. The minimum absolute atomic E-state index is 0.0231. The van der Waals surface area contributed by atoms with Gasteiger partial charge in [-0.2, -0.15) is 23.3 Å². The molecule has 0 fully saturated rings. The van der Waals surface area contributed by atoms with E-state index >= 15 is 0 Å². The van der Waals surface area contributed by atoms with Crippen molar-refractivity contribution in [3.05, 3.63) is 29.2 Å². The van der Waals surface area contributed by atoms with E-state index in [4.69, 9.17) is 9.63 Å². The summed E-state index contributed by atoms with van der Waals surface area (Å²) in [6.07, 6.45) is -3.43. The van der Waals surface area contributed by atoms with Crippen LogP contribution in [0.15, 0.2) is 10.7 Å². The fourth-order valence-electron chi connectivity index (χ4n) is 1.80. The Bertz CT molecular complexity index is 604. The molecule has 0 radical (unpaired) electrons. The Hall–Kier alpha value is -1.90. The SMILES string of the molecule is CC(C)c1nc(Cn2cc(CCO)c(C(F)(F)F)n2)no1. The van der Waals surface area contributed by atoms with Gasteiger partial charge in [-0.15, -0.1) is 0 Å². The number of rotatable bonds is 5. The molecule has 2 heterocycles. The van der Waals surface area contributed by atoms with Crippen LogP contribution >= 0.6 is 0 Å². The first-order valence-corrected chi connectivity index (χ1v) is 6.38. The molecular formula is C12H15F3N4O2. The van der Waals surface area contributed by atoms with Crippen molar-refractivity contribution < 1.29 is 22.8 Å². The largest absolute Gasteiger partial charge is 0.435 e. The number of halogens is 3. The molecule has 0 aliphatic rings. The first kappa shape index (κ1) is 15.5. The predicted molar refractivity (Wildman–Crippen MR) is 65.5 cm³/mol. The van der Waals surface area contributed by atoms with Crippen molar-refractivity contribution in [3.8, 4) is 0 Å². The maximum Gasteiger partial charge on any atom is 0.435 e. The highest BCUT2D eigenvalue weighted by atomic mass is 19.4. The summed E-state index contributed by atoms with van der Waals surface area (Å²) in [6, 6.07) is 0. The third-order valence-electron chi connectivity index (χ3n) is 2.77. The highest BCUT2D eigenvalue weighted by Gasteiger charge is 2.37. The van der Waals surface area contributed by atoms with Gasteiger partial charge >= 0.3 is 6.18 Å². The first-order chi connectivity index (χ1) is 9.81. The van der Waals surface area contributed by atoms with Crippen molar-refractivity contribution in [1.82, 2.24) is 19.9 Å². The summed E-state index contributed by atoms with van der Waals surface area (Å²) < 4.78 is 44.6. The van der Waals surface area contributed by atoms with Crippen molar-refractivity contribution in [3.63, 3.8) is 0 Å². The van der Waals surface area contributed by atoms with Crippen molar-refractivity contribution >= 4 is 0 Å². The fourth-order valence-corrected chi connectivity index (χ4v) is 1.80. The molecule has 0 unspecified atom stereocenters. The lowest BCUT2D eigenvalue weighted by Gasteiger charge is -2.04. The lowest BCUT2D eigenvalue weighted by molar-refractivity contribution is -0.142. The van der Waals surface area contributed by atoms with Crippen molar-refractivity contribution in [1.29, 1.82) is 0 Å². The summed E-state index contributed by atoms with van der Waals surface area (Å²) in [7, 11) is 0. The maximum absolute atomic E-state index is 12.8. The van der Waals surface area contributed by atoms with Crippen LogP contribution in [-0.2, 0) is 19.1 Å². The van der Waals surface area contributed by atoms with Crippen LogP contribution in [0.4, 0.5) is 13.2 Å². The summed E-state index contributed by atoms with van der Waals surface area (Å²) >= 11 is 0. The van der Waals surface area contributed by atoms with Gasteiger partial charge in [0.05, 0.1) is 0 Å². The van der Waals surface area contributed by atoms with Gasteiger partial charge in [-0.25, -0.2) is 0 Å². The second kappa shape index (κ2) is 5.84. The number of hydrogen-bond donors (Lipinski definition) is 1. The standard InChI is InChI=1S/C12H15F3N4O2/c1-7(2)11-16-9(18-21-11)6-19-5-8(3-4-20)10(17-19)12(13,14)15/h5,7,20H,3-4,6H2,1-2H3. The predicted octanol–water partition coefficient (Wildman–Crippen LogP) is 1.99. The second-order valence-corrected chi connectivity index (χ2v) is 4.88. The highest BCUT2D eigenvalue weighted by Crippen LogP contribution is 2.31. The van der Waals surface area contributed by atoms with Crippen molar-refractivity contribution in [2.75, 3.05) is 6.61 Å². The van der Waals surface area contributed by atoms with E-state index in [-0.39, 0.29) is 36.9 Å². The number of aromatic nitrogens is 4. The number of hydrogen-bond acceptors (Lipinski definition) is 5. The van der Waals surface area contributed by atoms with Gasteiger partial charge in [0.15, 0.2) is 11.5 Å². The lowest BCUT2D eigenvalue weighted by Crippen LogP contribution is -2.11. The molecule has 0 amide bonds. The monoisotopic (exact) mass is 304 g/mol. The summed E-state index contributed by atoms with van der Waals surface area (Å²) in [6.45, 7) is 3.33. The van der Waals surface area contributed by atoms with Gasteiger partial charge in [-0.1, -0.05) is 19.0 Å². The molecule has 2 rings (SSSR count). The summed E-state index contributed by atoms with van der Waals surface area (Å²) in [4.78, 5) is 4.08. The molecule has 0 atom stereocenters. The zero-order chi connectivity index (χ0) is 15.6. The normalized spacial score (nSPS) is 12.3. The molecule has 2 aromatic heterocycles. The van der Waals surface area contributed by atoms with Crippen LogP contribution in [0, 0.1) is 0 Å². The molecule has 0 bridgehead atoms. The third kappa shape index (κ3) is 3.60. The first-order valence-electron chi connectivity index (χ1n) is 6.38. The average Bonchev–Trinajstić information content (AvgIpc) is 2.96. The van der Waals surface area contributed by atoms with Crippen LogP contribution in [0.25, 0.3) is 0 Å². The van der Waals surface area contributed by atoms with E-state index in [1.165, 1.54) is 6.20 Å². The van der Waals surface area contributed by atoms with Crippen molar-refractivity contribution in [2.24, 2.45) is 0 Å². The van der Waals surface area contributed by atoms with Gasteiger partial charge in [0.2, 0.25) is 5.89 Å². The van der Waals surface area contributed by atoms with E-state index in [1.54, 1.807) is 0 Å². The highest BCUT2D eigenvalue weighted by molar-refractivity contribution is 5.20. The van der Waals surface area contributed by atoms with Crippen molar-refractivity contribution in [2.45, 2.75) is 38.9 Å². The van der Waals surface area contributed by atoms with Crippen LogP contribution in [0.1, 0.15) is 42.7 Å². The molecular weight excluding hydrogens is 289 g/mol. The molecule has 0 saturated heterocycles. The van der Waals surface area contributed by atoms with E-state index in [0.29, 0.717) is 5.89 Å². The molecule has 0 aliphatic carbocycles. The number of alkyl halides is 3. The van der Waals surface area contributed by atoms with Crippen LogP contribution < -0.4 is 0 Å². The maximum atomic E-state index is 12.8. The van der Waals surface area contributed by atoms with Gasteiger partial charge in [0.1, 0.15) is 6.54 Å². The van der Waals surface area contributed by atoms with Gasteiger partial charge in [-0.05, 0) is 6.42 Å². The lowest BCUT2D eigenvalue weighted by atomic mass is 10.2. The van der Waals surface area contributed by atoms with Crippen LogP contribution in [0.2, 0.25) is 0 Å².